The van der Waals surface area contributed by atoms with Crippen molar-refractivity contribution in [2.24, 2.45) is 0 Å². The first-order chi connectivity index (χ1) is 17.0. The number of rotatable bonds is 6. The Balaban J connectivity index is 1.43. The van der Waals surface area contributed by atoms with Gasteiger partial charge in [-0.15, -0.1) is 0 Å². The van der Waals surface area contributed by atoms with Crippen LogP contribution in [-0.2, 0) is 13.0 Å². The molecule has 1 aromatic heterocycles. The van der Waals surface area contributed by atoms with Gasteiger partial charge >= 0.3 is 0 Å². The molecule has 3 aromatic carbocycles. The Kier molecular flexibility index (Phi) is 6.54. The molecule has 6 nitrogen and oxygen atoms in total. The zero-order valence-electron chi connectivity index (χ0n) is 19.9. The summed E-state index contributed by atoms with van der Waals surface area (Å²) in [6.45, 7) is 3.74. The van der Waals surface area contributed by atoms with Gasteiger partial charge in [-0.25, -0.2) is 0 Å². The number of halogens is 1. The van der Waals surface area contributed by atoms with Crippen molar-refractivity contribution in [1.82, 2.24) is 4.90 Å². The SMILES string of the molecule is COc1ccc(CCN2COc3ccc4c(=O)c(-c5ccc(Br)cc5)c(C)oc4c3C2)cc1OC. The highest BCUT2D eigenvalue weighted by Crippen LogP contribution is 2.34. The molecule has 180 valence electrons. The Morgan fingerprint density at radius 2 is 1.77 bits per heavy atom. The topological polar surface area (TPSA) is 61.1 Å². The summed E-state index contributed by atoms with van der Waals surface area (Å²) in [6, 6.07) is 17.3. The Bertz CT molecular complexity index is 1440. The zero-order valence-corrected chi connectivity index (χ0v) is 21.5. The minimum absolute atomic E-state index is 0.0312. The van der Waals surface area contributed by atoms with Gasteiger partial charge in [-0.3, -0.25) is 9.69 Å². The molecular formula is C28H26BrNO5. The van der Waals surface area contributed by atoms with E-state index in [1.54, 1.807) is 20.3 Å². The van der Waals surface area contributed by atoms with E-state index in [0.717, 1.165) is 45.6 Å². The van der Waals surface area contributed by atoms with E-state index in [1.165, 1.54) is 0 Å². The summed E-state index contributed by atoms with van der Waals surface area (Å²) < 4.78 is 24.0. The average molecular weight is 536 g/mol. The van der Waals surface area contributed by atoms with Gasteiger partial charge < -0.3 is 18.6 Å². The number of fused-ring (bicyclic) bond motifs is 3. The number of hydrogen-bond donors (Lipinski definition) is 0. The van der Waals surface area contributed by atoms with Crippen molar-refractivity contribution in [3.05, 3.63) is 86.2 Å². The molecule has 0 atom stereocenters. The number of benzene rings is 3. The third-order valence-electron chi connectivity index (χ3n) is 6.38. The third-order valence-corrected chi connectivity index (χ3v) is 6.91. The summed E-state index contributed by atoms with van der Waals surface area (Å²) in [7, 11) is 3.27. The lowest BCUT2D eigenvalue weighted by Crippen LogP contribution is -2.33. The average Bonchev–Trinajstić information content (AvgIpc) is 2.88. The largest absolute Gasteiger partial charge is 0.493 e. The zero-order chi connectivity index (χ0) is 24.5. The molecule has 1 aliphatic rings. The molecular weight excluding hydrogens is 510 g/mol. The first-order valence-electron chi connectivity index (χ1n) is 11.4. The van der Waals surface area contributed by atoms with Crippen LogP contribution in [0.3, 0.4) is 0 Å². The number of hydrogen-bond acceptors (Lipinski definition) is 6. The predicted molar refractivity (Wildman–Crippen MR) is 140 cm³/mol. The molecule has 0 unspecified atom stereocenters. The number of methoxy groups -OCH3 is 2. The van der Waals surface area contributed by atoms with Gasteiger partial charge in [0.1, 0.15) is 23.8 Å². The summed E-state index contributed by atoms with van der Waals surface area (Å²) >= 11 is 3.45. The van der Waals surface area contributed by atoms with Gasteiger partial charge in [0, 0.05) is 17.6 Å². The molecule has 2 heterocycles. The van der Waals surface area contributed by atoms with Gasteiger partial charge in [-0.05, 0) is 60.9 Å². The standard InChI is InChI=1S/C28H26BrNO5/c1-17-26(19-5-7-20(29)8-6-19)27(31)21-9-11-23-22(28(21)35-17)15-30(16-34-23)13-12-18-4-10-24(32-2)25(14-18)33-3/h4-11,14H,12-13,15-16H2,1-3H3. The van der Waals surface area contributed by atoms with E-state index in [0.29, 0.717) is 41.3 Å². The molecule has 7 heteroatoms. The summed E-state index contributed by atoms with van der Waals surface area (Å²) in [6.07, 6.45) is 0.820. The van der Waals surface area contributed by atoms with E-state index < -0.39 is 0 Å². The maximum Gasteiger partial charge on any atom is 0.200 e. The van der Waals surface area contributed by atoms with Crippen LogP contribution < -0.4 is 19.6 Å². The maximum atomic E-state index is 13.5. The third kappa shape index (κ3) is 4.54. The molecule has 1 aliphatic heterocycles. The normalized spacial score (nSPS) is 13.4. The Labute approximate surface area is 212 Å². The lowest BCUT2D eigenvalue weighted by atomic mass is 10.0. The molecule has 0 amide bonds. The van der Waals surface area contributed by atoms with Crippen molar-refractivity contribution in [3.63, 3.8) is 0 Å². The Hall–Kier alpha value is -3.29. The summed E-state index contributed by atoms with van der Waals surface area (Å²) in [5, 5.41) is 0.567. The predicted octanol–water partition coefficient (Wildman–Crippen LogP) is 5.94. The van der Waals surface area contributed by atoms with Crippen LogP contribution in [-0.4, -0.2) is 32.4 Å². The molecule has 0 bridgehead atoms. The molecule has 0 N–H and O–H groups in total. The molecule has 0 fully saturated rings. The van der Waals surface area contributed by atoms with Crippen LogP contribution in [0.2, 0.25) is 0 Å². The molecule has 0 radical (unpaired) electrons. The van der Waals surface area contributed by atoms with E-state index in [4.69, 9.17) is 18.6 Å². The summed E-state index contributed by atoms with van der Waals surface area (Å²) in [5.74, 6) is 2.79. The fraction of sp³-hybridized carbons (Fsp3) is 0.250. The second kappa shape index (κ2) is 9.76. The quantitative estimate of drug-likeness (QED) is 0.304. The molecule has 0 spiro atoms. The first-order valence-corrected chi connectivity index (χ1v) is 12.2. The fourth-order valence-electron chi connectivity index (χ4n) is 4.54. The second-order valence-corrected chi connectivity index (χ2v) is 9.47. The highest BCUT2D eigenvalue weighted by Gasteiger charge is 2.24. The fourth-order valence-corrected chi connectivity index (χ4v) is 4.80. The lowest BCUT2D eigenvalue weighted by Gasteiger charge is -2.29. The van der Waals surface area contributed by atoms with E-state index in [9.17, 15) is 4.79 Å². The maximum absolute atomic E-state index is 13.5. The van der Waals surface area contributed by atoms with Crippen molar-refractivity contribution in [2.45, 2.75) is 19.9 Å². The van der Waals surface area contributed by atoms with Gasteiger partial charge in [-0.1, -0.05) is 34.1 Å². The van der Waals surface area contributed by atoms with Crippen molar-refractivity contribution in [1.29, 1.82) is 0 Å². The van der Waals surface area contributed by atoms with Crippen LogP contribution in [0.25, 0.3) is 22.1 Å². The van der Waals surface area contributed by atoms with Gasteiger partial charge in [0.2, 0.25) is 5.43 Å². The lowest BCUT2D eigenvalue weighted by molar-refractivity contribution is 0.0968. The van der Waals surface area contributed by atoms with Crippen molar-refractivity contribution in [2.75, 3.05) is 27.5 Å². The van der Waals surface area contributed by atoms with Crippen molar-refractivity contribution >= 4 is 26.9 Å². The van der Waals surface area contributed by atoms with Gasteiger partial charge in [-0.2, -0.15) is 0 Å². The van der Waals surface area contributed by atoms with Gasteiger partial charge in [0.15, 0.2) is 11.5 Å². The van der Waals surface area contributed by atoms with Crippen LogP contribution in [0.4, 0.5) is 0 Å². The van der Waals surface area contributed by atoms with Crippen LogP contribution in [0.1, 0.15) is 16.9 Å². The second-order valence-electron chi connectivity index (χ2n) is 8.55. The summed E-state index contributed by atoms with van der Waals surface area (Å²) in [5.41, 5.74) is 4.05. The highest BCUT2D eigenvalue weighted by molar-refractivity contribution is 9.10. The van der Waals surface area contributed by atoms with E-state index in [1.807, 2.05) is 55.5 Å². The molecule has 0 saturated heterocycles. The van der Waals surface area contributed by atoms with E-state index in [-0.39, 0.29) is 5.43 Å². The number of aryl methyl sites for hydroxylation is 1. The van der Waals surface area contributed by atoms with Crippen molar-refractivity contribution < 1.29 is 18.6 Å². The van der Waals surface area contributed by atoms with E-state index >= 15 is 0 Å². The minimum atomic E-state index is -0.0312. The monoisotopic (exact) mass is 535 g/mol. The first kappa shape index (κ1) is 23.5. The smallest absolute Gasteiger partial charge is 0.200 e. The molecule has 0 aliphatic carbocycles. The Morgan fingerprint density at radius 3 is 2.51 bits per heavy atom. The minimum Gasteiger partial charge on any atom is -0.493 e. The number of ether oxygens (including phenoxy) is 3. The van der Waals surface area contributed by atoms with Gasteiger partial charge in [0.05, 0.1) is 30.7 Å². The van der Waals surface area contributed by atoms with Crippen LogP contribution >= 0.6 is 15.9 Å². The Morgan fingerprint density at radius 1 is 1.00 bits per heavy atom. The van der Waals surface area contributed by atoms with Gasteiger partial charge in [0.25, 0.3) is 0 Å². The number of nitrogens with zero attached hydrogens (tertiary/aromatic N) is 1. The van der Waals surface area contributed by atoms with E-state index in [2.05, 4.69) is 20.8 Å². The molecule has 35 heavy (non-hydrogen) atoms. The summed E-state index contributed by atoms with van der Waals surface area (Å²) in [4.78, 5) is 15.7. The van der Waals surface area contributed by atoms with Crippen LogP contribution in [0, 0.1) is 6.92 Å². The van der Waals surface area contributed by atoms with Crippen LogP contribution in [0.5, 0.6) is 17.2 Å². The molecule has 0 saturated carbocycles. The van der Waals surface area contributed by atoms with Crippen LogP contribution in [0.15, 0.2) is 68.3 Å². The molecule has 5 rings (SSSR count). The highest BCUT2D eigenvalue weighted by atomic mass is 79.9. The van der Waals surface area contributed by atoms with Crippen molar-refractivity contribution in [3.8, 4) is 28.4 Å². The molecule has 4 aromatic rings.